The third kappa shape index (κ3) is 5.75. The summed E-state index contributed by atoms with van der Waals surface area (Å²) in [4.78, 5) is 4.79. The van der Waals surface area contributed by atoms with Crippen LogP contribution in [0.5, 0.6) is 0 Å². The van der Waals surface area contributed by atoms with Crippen LogP contribution in [0.1, 0.15) is 25.8 Å². The van der Waals surface area contributed by atoms with E-state index in [9.17, 15) is 0 Å². The van der Waals surface area contributed by atoms with Crippen LogP contribution in [-0.2, 0) is 0 Å². The first-order chi connectivity index (χ1) is 16.4. The highest BCUT2D eigenvalue weighted by molar-refractivity contribution is 8.09. The number of rotatable bonds is 9. The molecule has 2 heteroatoms. The molecule has 0 fully saturated rings. The van der Waals surface area contributed by atoms with Crippen molar-refractivity contribution in [3.05, 3.63) is 143 Å². The van der Waals surface area contributed by atoms with Gasteiger partial charge in [-0.3, -0.25) is 0 Å². The highest BCUT2D eigenvalue weighted by Gasteiger charge is 2.27. The molecule has 0 saturated heterocycles. The molecule has 1 aliphatic rings. The van der Waals surface area contributed by atoms with Crippen LogP contribution in [0.4, 0.5) is 0 Å². The van der Waals surface area contributed by atoms with Crippen molar-refractivity contribution in [2.24, 2.45) is 0 Å². The predicted molar refractivity (Wildman–Crippen MR) is 155 cm³/mol. The fourth-order valence-electron chi connectivity index (χ4n) is 3.49. The van der Waals surface area contributed by atoms with E-state index in [1.807, 2.05) is 12.2 Å². The highest BCUT2D eigenvalue weighted by Crippen LogP contribution is 2.56. The molecule has 0 amide bonds. The lowest BCUT2D eigenvalue weighted by Crippen LogP contribution is -2.03. The first-order valence-electron chi connectivity index (χ1n) is 11.4. The van der Waals surface area contributed by atoms with E-state index < -0.39 is 0 Å². The average molecular weight is 481 g/mol. The van der Waals surface area contributed by atoms with E-state index in [0.29, 0.717) is 0 Å². The Hall–Kier alpha value is -2.94. The van der Waals surface area contributed by atoms with Gasteiger partial charge in [0.1, 0.15) is 0 Å². The molecule has 0 saturated carbocycles. The third-order valence-electron chi connectivity index (χ3n) is 5.57. The van der Waals surface area contributed by atoms with Crippen LogP contribution < -0.4 is 0 Å². The molecule has 2 aromatic carbocycles. The monoisotopic (exact) mass is 480 g/mol. The molecule has 0 bridgehead atoms. The number of allylic oxidation sites excluding steroid dienone is 10. The second-order valence-electron chi connectivity index (χ2n) is 8.08. The molecule has 1 heterocycles. The van der Waals surface area contributed by atoms with Crippen molar-refractivity contribution in [2.75, 3.05) is 0 Å². The molecule has 0 N–H and O–H groups in total. The van der Waals surface area contributed by atoms with Crippen molar-refractivity contribution < 1.29 is 0 Å². The summed E-state index contributed by atoms with van der Waals surface area (Å²) in [5.41, 5.74) is 7.67. The Bertz CT molecular complexity index is 1250. The summed E-state index contributed by atoms with van der Waals surface area (Å²) in [6.45, 7) is 23.4. The van der Waals surface area contributed by atoms with Crippen LogP contribution in [0.3, 0.4) is 0 Å². The molecule has 2 aromatic rings. The van der Waals surface area contributed by atoms with E-state index in [-0.39, 0.29) is 0 Å². The second-order valence-corrected chi connectivity index (χ2v) is 10.1. The fourth-order valence-corrected chi connectivity index (χ4v) is 6.35. The van der Waals surface area contributed by atoms with Gasteiger partial charge in [-0.1, -0.05) is 136 Å². The molecular weight excluding hydrogens is 448 g/mol. The summed E-state index contributed by atoms with van der Waals surface area (Å²) in [5.74, 6) is 0. The maximum absolute atomic E-state index is 4.51. The van der Waals surface area contributed by atoms with Crippen molar-refractivity contribution in [2.45, 2.75) is 37.0 Å². The zero-order valence-corrected chi connectivity index (χ0v) is 22.0. The number of hydrogen-bond donors (Lipinski definition) is 0. The minimum Gasteiger partial charge on any atom is -0.0991 e. The zero-order valence-electron chi connectivity index (χ0n) is 20.4. The van der Waals surface area contributed by atoms with Crippen molar-refractivity contribution in [3.63, 3.8) is 0 Å². The lowest BCUT2D eigenvalue weighted by Gasteiger charge is -2.28. The summed E-state index contributed by atoms with van der Waals surface area (Å²) in [6.07, 6.45) is 13.0. The minimum absolute atomic E-state index is 0.876. The molecule has 3 rings (SSSR count). The van der Waals surface area contributed by atoms with Crippen LogP contribution in [0.25, 0.3) is 11.1 Å². The molecule has 1 aliphatic heterocycles. The molecule has 0 radical (unpaired) electrons. The highest BCUT2D eigenvalue weighted by atomic mass is 32.2. The minimum atomic E-state index is 0.876. The third-order valence-corrected chi connectivity index (χ3v) is 8.50. The smallest absolute Gasteiger partial charge is 0.0343 e. The summed E-state index contributed by atoms with van der Waals surface area (Å²) in [7, 11) is 0. The largest absolute Gasteiger partial charge is 0.0991 e. The maximum atomic E-state index is 4.51. The lowest BCUT2D eigenvalue weighted by atomic mass is 10.0. The molecule has 0 atom stereocenters. The van der Waals surface area contributed by atoms with E-state index in [1.54, 1.807) is 29.6 Å². The van der Waals surface area contributed by atoms with E-state index >= 15 is 0 Å². The van der Waals surface area contributed by atoms with E-state index in [1.165, 1.54) is 26.5 Å². The van der Waals surface area contributed by atoms with Gasteiger partial charge in [-0.2, -0.15) is 0 Å². The summed E-state index contributed by atoms with van der Waals surface area (Å²) in [5, 5.41) is 0. The first kappa shape index (κ1) is 25.7. The standard InChI is InChI=1S/C32H32S2/c1-8-10-13-17-23(4)26(7)31-30(25(6)22(3)16-11-9-2)33-29-24(5)20-21-28(32(29)34-31)27-18-14-12-15-19-27/h9-21H,2-3,6-8H2,1,4-5H3/b13-10-,16-11-,23-17+. The normalized spacial score (nSPS) is 13.9. The Morgan fingerprint density at radius 2 is 1.56 bits per heavy atom. The molecule has 0 aromatic heterocycles. The fraction of sp³-hybridized carbons (Fsp3) is 0.125. The SMILES string of the molecule is C=C/C=C\C(=C)C(=C)C1=C(C(=C)/C(C)=C/C=C\CC)Sc2c(-c3ccccc3)ccc(C)c2S1. The van der Waals surface area contributed by atoms with Crippen LogP contribution in [0.15, 0.2) is 147 Å². The second kappa shape index (κ2) is 12.0. The quantitative estimate of drug-likeness (QED) is 0.327. The Balaban J connectivity index is 2.17. The number of hydrogen-bond acceptors (Lipinski definition) is 2. The van der Waals surface area contributed by atoms with Gasteiger partial charge in [-0.25, -0.2) is 0 Å². The van der Waals surface area contributed by atoms with E-state index in [2.05, 4.69) is 108 Å². The van der Waals surface area contributed by atoms with Crippen molar-refractivity contribution in [1.29, 1.82) is 0 Å². The van der Waals surface area contributed by atoms with Gasteiger partial charge < -0.3 is 0 Å². The Labute approximate surface area is 214 Å². The van der Waals surface area contributed by atoms with Gasteiger partial charge in [0.25, 0.3) is 0 Å². The number of fused-ring (bicyclic) bond motifs is 1. The van der Waals surface area contributed by atoms with Crippen molar-refractivity contribution >= 4 is 23.5 Å². The van der Waals surface area contributed by atoms with Crippen molar-refractivity contribution in [3.8, 4) is 11.1 Å². The van der Waals surface area contributed by atoms with E-state index in [4.69, 9.17) is 0 Å². The Morgan fingerprint density at radius 1 is 0.882 bits per heavy atom. The molecule has 0 unspecified atom stereocenters. The maximum Gasteiger partial charge on any atom is 0.0343 e. The predicted octanol–water partition coefficient (Wildman–Crippen LogP) is 10.4. The molecule has 34 heavy (non-hydrogen) atoms. The summed E-state index contributed by atoms with van der Waals surface area (Å²) in [6, 6.07) is 15.0. The van der Waals surface area contributed by atoms with Crippen molar-refractivity contribution in [1.82, 2.24) is 0 Å². The van der Waals surface area contributed by atoms with Crippen LogP contribution in [0, 0.1) is 6.92 Å². The van der Waals surface area contributed by atoms with Gasteiger partial charge in [0.2, 0.25) is 0 Å². The Morgan fingerprint density at radius 3 is 2.24 bits per heavy atom. The van der Waals surface area contributed by atoms with Gasteiger partial charge >= 0.3 is 0 Å². The van der Waals surface area contributed by atoms with Gasteiger partial charge in [-0.15, -0.1) is 0 Å². The first-order valence-corrected chi connectivity index (χ1v) is 13.0. The van der Waals surface area contributed by atoms with Gasteiger partial charge in [0.05, 0.1) is 0 Å². The summed E-state index contributed by atoms with van der Waals surface area (Å²) < 4.78 is 0. The van der Waals surface area contributed by atoms with Crippen LogP contribution >= 0.6 is 23.5 Å². The molecular formula is C32H32S2. The van der Waals surface area contributed by atoms with Crippen LogP contribution in [0.2, 0.25) is 0 Å². The number of aryl methyl sites for hydroxylation is 1. The Kier molecular flexibility index (Phi) is 9.04. The van der Waals surface area contributed by atoms with Gasteiger partial charge in [-0.05, 0) is 59.3 Å². The average Bonchev–Trinajstić information content (AvgIpc) is 2.86. The molecule has 172 valence electrons. The zero-order chi connectivity index (χ0) is 24.7. The van der Waals surface area contributed by atoms with Crippen LogP contribution in [-0.4, -0.2) is 0 Å². The van der Waals surface area contributed by atoms with Gasteiger partial charge in [0.15, 0.2) is 0 Å². The lowest BCUT2D eigenvalue weighted by molar-refractivity contribution is 1.17. The summed E-state index contributed by atoms with van der Waals surface area (Å²) >= 11 is 3.57. The van der Waals surface area contributed by atoms with Gasteiger partial charge in [0, 0.05) is 19.6 Å². The molecule has 0 aliphatic carbocycles. The molecule has 0 nitrogen and oxygen atoms in total. The van der Waals surface area contributed by atoms with E-state index in [0.717, 1.165) is 38.5 Å². The number of benzene rings is 2. The topological polar surface area (TPSA) is 0 Å². The molecule has 0 spiro atoms. The number of thioether (sulfide) groups is 2.